The summed E-state index contributed by atoms with van der Waals surface area (Å²) in [5.41, 5.74) is 1.16. The van der Waals surface area contributed by atoms with Crippen molar-refractivity contribution in [3.05, 3.63) is 48.2 Å². The van der Waals surface area contributed by atoms with E-state index in [1.165, 1.54) is 12.3 Å². The lowest BCUT2D eigenvalue weighted by Crippen LogP contribution is -2.22. The van der Waals surface area contributed by atoms with Gasteiger partial charge in [0.25, 0.3) is 0 Å². The normalized spacial score (nSPS) is 24.5. The first-order valence-corrected chi connectivity index (χ1v) is 5.61. The van der Waals surface area contributed by atoms with Gasteiger partial charge in [0.2, 0.25) is 0 Å². The van der Waals surface area contributed by atoms with Gasteiger partial charge in [-0.3, -0.25) is 4.99 Å². The third kappa shape index (κ3) is 4.35. The van der Waals surface area contributed by atoms with Gasteiger partial charge in [-0.2, -0.15) is 13.2 Å². The van der Waals surface area contributed by atoms with Gasteiger partial charge < -0.3 is 0 Å². The highest BCUT2D eigenvalue weighted by Crippen LogP contribution is 2.23. The van der Waals surface area contributed by atoms with Crippen LogP contribution in [0.3, 0.4) is 0 Å². The van der Waals surface area contributed by atoms with Crippen molar-refractivity contribution in [3.63, 3.8) is 0 Å². The van der Waals surface area contributed by atoms with E-state index in [1.54, 1.807) is 12.2 Å². The molecule has 0 amide bonds. The molecular formula is C14H16F3N. The van der Waals surface area contributed by atoms with Crippen LogP contribution in [0.4, 0.5) is 13.2 Å². The summed E-state index contributed by atoms with van der Waals surface area (Å²) in [7, 11) is 0. The Bertz CT molecular complexity index is 432. The molecule has 4 heteroatoms. The fraction of sp³-hybridized carbons (Fsp3) is 0.357. The first-order valence-electron chi connectivity index (χ1n) is 5.61. The fourth-order valence-electron chi connectivity index (χ4n) is 1.57. The number of rotatable bonds is 2. The minimum absolute atomic E-state index is 0.0987. The van der Waals surface area contributed by atoms with Crippen LogP contribution in [0.2, 0.25) is 0 Å². The molecule has 0 aromatic carbocycles. The van der Waals surface area contributed by atoms with Crippen LogP contribution in [0.25, 0.3) is 0 Å². The Morgan fingerprint density at radius 3 is 2.61 bits per heavy atom. The van der Waals surface area contributed by atoms with Gasteiger partial charge in [0, 0.05) is 18.5 Å². The van der Waals surface area contributed by atoms with Crippen molar-refractivity contribution in [2.75, 3.05) is 0 Å². The van der Waals surface area contributed by atoms with Crippen LogP contribution in [0, 0.1) is 5.92 Å². The molecule has 0 aromatic heterocycles. The Labute approximate surface area is 105 Å². The Morgan fingerprint density at radius 2 is 2.06 bits per heavy atom. The average molecular weight is 255 g/mol. The maximum atomic E-state index is 12.5. The molecule has 0 N–H and O–H groups in total. The molecule has 0 fully saturated rings. The van der Waals surface area contributed by atoms with Crippen LogP contribution < -0.4 is 0 Å². The van der Waals surface area contributed by atoms with E-state index in [-0.39, 0.29) is 12.3 Å². The number of hydrogen-bond acceptors (Lipinski definition) is 1. The second-order valence-electron chi connectivity index (χ2n) is 4.37. The highest BCUT2D eigenvalue weighted by Gasteiger charge is 2.34. The summed E-state index contributed by atoms with van der Waals surface area (Å²) in [6.45, 7) is 7.80. The molecule has 1 aliphatic heterocycles. The molecule has 1 unspecified atom stereocenters. The summed E-state index contributed by atoms with van der Waals surface area (Å²) >= 11 is 0. The SMILES string of the molecule is C=C(C=C(C)C)C1C=CC/C(C(F)(F)F)=N\C=C/1. The van der Waals surface area contributed by atoms with Crippen LogP contribution in [0.5, 0.6) is 0 Å². The van der Waals surface area contributed by atoms with Crippen molar-refractivity contribution in [2.24, 2.45) is 10.9 Å². The Balaban J connectivity index is 2.88. The van der Waals surface area contributed by atoms with E-state index in [1.807, 2.05) is 19.9 Å². The zero-order valence-corrected chi connectivity index (χ0v) is 10.5. The van der Waals surface area contributed by atoms with E-state index in [0.717, 1.165) is 11.1 Å². The largest absolute Gasteiger partial charge is 0.429 e. The van der Waals surface area contributed by atoms with Gasteiger partial charge in [0.1, 0.15) is 5.71 Å². The smallest absolute Gasteiger partial charge is 0.256 e. The van der Waals surface area contributed by atoms with Gasteiger partial charge in [-0.05, 0) is 19.4 Å². The van der Waals surface area contributed by atoms with Crippen LogP contribution in [-0.2, 0) is 0 Å². The number of hydrogen-bond donors (Lipinski definition) is 0. The predicted molar refractivity (Wildman–Crippen MR) is 68.4 cm³/mol. The van der Waals surface area contributed by atoms with Crippen molar-refractivity contribution < 1.29 is 13.2 Å². The maximum Gasteiger partial charge on any atom is 0.429 e. The molecule has 0 aromatic rings. The molecule has 0 radical (unpaired) electrons. The van der Waals surface area contributed by atoms with Gasteiger partial charge in [-0.1, -0.05) is 36.5 Å². The molecule has 1 aliphatic rings. The van der Waals surface area contributed by atoms with Crippen molar-refractivity contribution in [2.45, 2.75) is 26.4 Å². The highest BCUT2D eigenvalue weighted by atomic mass is 19.4. The van der Waals surface area contributed by atoms with E-state index >= 15 is 0 Å². The Kier molecular flexibility index (Phi) is 4.70. The van der Waals surface area contributed by atoms with Gasteiger partial charge in [0.05, 0.1) is 0 Å². The molecule has 0 saturated carbocycles. The first kappa shape index (κ1) is 14.5. The summed E-state index contributed by atoms with van der Waals surface area (Å²) in [6.07, 6.45) is 3.38. The number of nitrogens with zero attached hydrogens (tertiary/aromatic N) is 1. The summed E-state index contributed by atoms with van der Waals surface area (Å²) in [6, 6.07) is 0. The standard InChI is InChI=1S/C14H16F3N/c1-10(2)9-11(3)12-5-4-6-13(14(15,16)17)18-8-7-12/h4-5,7-9,12H,3,6H2,1-2H3/b5-4?,8-7-,18-13+. The second kappa shape index (κ2) is 5.85. The molecular weight excluding hydrogens is 239 g/mol. The lowest BCUT2D eigenvalue weighted by Gasteiger charge is -2.12. The second-order valence-corrected chi connectivity index (χ2v) is 4.37. The molecule has 1 heterocycles. The van der Waals surface area contributed by atoms with Crippen LogP contribution in [0.1, 0.15) is 20.3 Å². The number of aliphatic imine (C=N–C) groups is 1. The number of halogens is 3. The van der Waals surface area contributed by atoms with Crippen LogP contribution in [-0.4, -0.2) is 11.9 Å². The molecule has 1 nitrogen and oxygen atoms in total. The summed E-state index contributed by atoms with van der Waals surface area (Å²) < 4.78 is 37.4. The van der Waals surface area contributed by atoms with Gasteiger partial charge in [0.15, 0.2) is 0 Å². The summed E-state index contributed by atoms with van der Waals surface area (Å²) in [4.78, 5) is 3.46. The molecule has 1 rings (SSSR count). The fourth-order valence-corrected chi connectivity index (χ4v) is 1.57. The zero-order valence-electron chi connectivity index (χ0n) is 10.5. The average Bonchev–Trinajstić information content (AvgIpc) is 2.12. The first-order chi connectivity index (χ1) is 8.30. The van der Waals surface area contributed by atoms with Gasteiger partial charge >= 0.3 is 6.18 Å². The quantitative estimate of drug-likeness (QED) is 0.505. The third-order valence-electron chi connectivity index (χ3n) is 2.41. The van der Waals surface area contributed by atoms with Gasteiger partial charge in [-0.15, -0.1) is 0 Å². The van der Waals surface area contributed by atoms with Crippen LogP contribution >= 0.6 is 0 Å². The molecule has 0 saturated heterocycles. The molecule has 0 spiro atoms. The minimum atomic E-state index is -4.36. The van der Waals surface area contributed by atoms with E-state index < -0.39 is 11.9 Å². The molecule has 1 atom stereocenters. The van der Waals surface area contributed by atoms with Crippen molar-refractivity contribution >= 4 is 5.71 Å². The van der Waals surface area contributed by atoms with E-state index in [9.17, 15) is 13.2 Å². The van der Waals surface area contributed by atoms with E-state index in [4.69, 9.17) is 0 Å². The van der Waals surface area contributed by atoms with Crippen molar-refractivity contribution in [3.8, 4) is 0 Å². The van der Waals surface area contributed by atoms with Crippen molar-refractivity contribution in [1.82, 2.24) is 0 Å². The summed E-state index contributed by atoms with van der Waals surface area (Å²) in [5, 5.41) is 0. The maximum absolute atomic E-state index is 12.5. The molecule has 0 bridgehead atoms. The van der Waals surface area contributed by atoms with Crippen molar-refractivity contribution in [1.29, 1.82) is 0 Å². The monoisotopic (exact) mass is 255 g/mol. The third-order valence-corrected chi connectivity index (χ3v) is 2.41. The van der Waals surface area contributed by atoms with E-state index in [2.05, 4.69) is 11.6 Å². The Hall–Kier alpha value is -1.58. The Morgan fingerprint density at radius 1 is 1.39 bits per heavy atom. The highest BCUT2D eigenvalue weighted by molar-refractivity contribution is 5.91. The number of allylic oxidation sites excluding steroid dienone is 6. The van der Waals surface area contributed by atoms with Gasteiger partial charge in [-0.25, -0.2) is 0 Å². The molecule has 98 valence electrons. The number of alkyl halides is 3. The van der Waals surface area contributed by atoms with Crippen LogP contribution in [0.15, 0.2) is 53.2 Å². The summed E-state index contributed by atoms with van der Waals surface area (Å²) in [5.74, 6) is -0.0987. The molecule has 0 aliphatic carbocycles. The predicted octanol–water partition coefficient (Wildman–Crippen LogP) is 4.60. The lowest BCUT2D eigenvalue weighted by molar-refractivity contribution is -0.0599. The lowest BCUT2D eigenvalue weighted by atomic mass is 9.97. The zero-order chi connectivity index (χ0) is 13.8. The minimum Gasteiger partial charge on any atom is -0.256 e. The topological polar surface area (TPSA) is 12.4 Å². The molecule has 18 heavy (non-hydrogen) atoms. The van der Waals surface area contributed by atoms with E-state index in [0.29, 0.717) is 0 Å².